The lowest BCUT2D eigenvalue weighted by Crippen LogP contribution is -2.30. The van der Waals surface area contributed by atoms with Crippen molar-refractivity contribution in [1.29, 1.82) is 0 Å². The van der Waals surface area contributed by atoms with Gasteiger partial charge in [0.2, 0.25) is 10.0 Å². The molecule has 1 aliphatic carbocycles. The van der Waals surface area contributed by atoms with Crippen LogP contribution < -0.4 is 10.5 Å². The lowest BCUT2D eigenvalue weighted by molar-refractivity contribution is 0.0944. The first kappa shape index (κ1) is 15.9. The second-order valence-corrected chi connectivity index (χ2v) is 7.10. The van der Waals surface area contributed by atoms with Crippen molar-refractivity contribution >= 4 is 15.9 Å². The van der Waals surface area contributed by atoms with Crippen LogP contribution in [0.15, 0.2) is 23.1 Å². The van der Waals surface area contributed by atoms with Crippen LogP contribution in [0.3, 0.4) is 0 Å². The van der Waals surface area contributed by atoms with Gasteiger partial charge in [-0.3, -0.25) is 4.79 Å². The number of halogens is 1. The molecule has 1 aromatic rings. The molecule has 1 saturated carbocycles. The van der Waals surface area contributed by atoms with E-state index in [0.717, 1.165) is 31.4 Å². The standard InChI is InChI=1S/C14H19FN2O3S/c1-9-3-2-4-11(9)8-17-14(18)10-5-6-12(15)13(7-10)21(16,19)20/h5-7,9,11H,2-4,8H2,1H3,(H,17,18)(H2,16,19,20). The minimum atomic E-state index is -4.18. The van der Waals surface area contributed by atoms with Gasteiger partial charge in [-0.05, 0) is 36.5 Å². The van der Waals surface area contributed by atoms with Crippen molar-refractivity contribution in [3.05, 3.63) is 29.6 Å². The van der Waals surface area contributed by atoms with Crippen LogP contribution in [0.1, 0.15) is 36.5 Å². The summed E-state index contributed by atoms with van der Waals surface area (Å²) >= 11 is 0. The topological polar surface area (TPSA) is 89.3 Å². The van der Waals surface area contributed by atoms with E-state index in [1.54, 1.807) is 0 Å². The normalized spacial score (nSPS) is 22.2. The number of amides is 1. The number of hydrogen-bond donors (Lipinski definition) is 2. The van der Waals surface area contributed by atoms with E-state index in [0.29, 0.717) is 18.4 Å². The molecular weight excluding hydrogens is 295 g/mol. The van der Waals surface area contributed by atoms with Crippen molar-refractivity contribution in [3.63, 3.8) is 0 Å². The number of sulfonamides is 1. The minimum absolute atomic E-state index is 0.0890. The summed E-state index contributed by atoms with van der Waals surface area (Å²) in [5, 5.41) is 7.69. The van der Waals surface area contributed by atoms with Gasteiger partial charge in [0.25, 0.3) is 5.91 Å². The van der Waals surface area contributed by atoms with E-state index in [4.69, 9.17) is 5.14 Å². The van der Waals surface area contributed by atoms with E-state index < -0.39 is 26.6 Å². The Morgan fingerprint density at radius 3 is 2.71 bits per heavy atom. The maximum absolute atomic E-state index is 13.4. The summed E-state index contributed by atoms with van der Waals surface area (Å²) in [6.45, 7) is 2.70. The Kier molecular flexibility index (Phi) is 4.63. The first-order valence-electron chi connectivity index (χ1n) is 6.89. The van der Waals surface area contributed by atoms with Crippen LogP contribution in [0.4, 0.5) is 4.39 Å². The molecule has 1 fully saturated rings. The maximum Gasteiger partial charge on any atom is 0.251 e. The number of nitrogens with two attached hydrogens (primary N) is 1. The van der Waals surface area contributed by atoms with Crippen LogP contribution in [-0.2, 0) is 10.0 Å². The van der Waals surface area contributed by atoms with Crippen LogP contribution >= 0.6 is 0 Å². The number of carbonyl (C=O) groups is 1. The lowest BCUT2D eigenvalue weighted by atomic mass is 9.98. The molecular formula is C14H19FN2O3S. The average molecular weight is 314 g/mol. The van der Waals surface area contributed by atoms with Gasteiger partial charge < -0.3 is 5.32 Å². The monoisotopic (exact) mass is 314 g/mol. The number of primary sulfonamides is 1. The van der Waals surface area contributed by atoms with Crippen LogP contribution in [0.5, 0.6) is 0 Å². The third-order valence-electron chi connectivity index (χ3n) is 4.06. The van der Waals surface area contributed by atoms with Crippen molar-refractivity contribution < 1.29 is 17.6 Å². The van der Waals surface area contributed by atoms with Crippen LogP contribution in [-0.4, -0.2) is 20.9 Å². The number of carbonyl (C=O) groups excluding carboxylic acids is 1. The molecule has 21 heavy (non-hydrogen) atoms. The van der Waals surface area contributed by atoms with E-state index in [1.165, 1.54) is 6.07 Å². The van der Waals surface area contributed by atoms with Gasteiger partial charge in [0.05, 0.1) is 0 Å². The van der Waals surface area contributed by atoms with Crippen molar-refractivity contribution in [2.75, 3.05) is 6.54 Å². The first-order chi connectivity index (χ1) is 9.79. The summed E-state index contributed by atoms with van der Waals surface area (Å²) in [6, 6.07) is 3.16. The minimum Gasteiger partial charge on any atom is -0.352 e. The van der Waals surface area contributed by atoms with Gasteiger partial charge in [-0.25, -0.2) is 17.9 Å². The Morgan fingerprint density at radius 2 is 2.14 bits per heavy atom. The Morgan fingerprint density at radius 1 is 1.43 bits per heavy atom. The highest BCUT2D eigenvalue weighted by molar-refractivity contribution is 7.89. The molecule has 0 heterocycles. The van der Waals surface area contributed by atoms with Gasteiger partial charge in [-0.1, -0.05) is 19.8 Å². The number of rotatable bonds is 4. The molecule has 1 aromatic carbocycles. The molecule has 7 heteroatoms. The van der Waals surface area contributed by atoms with Gasteiger partial charge in [-0.2, -0.15) is 0 Å². The Bertz CT molecular complexity index is 646. The highest BCUT2D eigenvalue weighted by Crippen LogP contribution is 2.30. The highest BCUT2D eigenvalue weighted by Gasteiger charge is 2.24. The van der Waals surface area contributed by atoms with E-state index in [1.807, 2.05) is 0 Å². The summed E-state index contributed by atoms with van der Waals surface area (Å²) in [5.41, 5.74) is 0.0890. The van der Waals surface area contributed by atoms with E-state index in [9.17, 15) is 17.6 Å². The van der Waals surface area contributed by atoms with E-state index in [2.05, 4.69) is 12.2 Å². The lowest BCUT2D eigenvalue weighted by Gasteiger charge is -2.16. The zero-order valence-corrected chi connectivity index (χ0v) is 12.6. The third kappa shape index (κ3) is 3.79. The molecule has 0 saturated heterocycles. The third-order valence-corrected chi connectivity index (χ3v) is 4.99. The SMILES string of the molecule is CC1CCCC1CNC(=O)c1ccc(F)c(S(N)(=O)=O)c1. The van der Waals surface area contributed by atoms with Crippen LogP contribution in [0.25, 0.3) is 0 Å². The zero-order chi connectivity index (χ0) is 15.6. The average Bonchev–Trinajstić information content (AvgIpc) is 2.80. The predicted molar refractivity (Wildman–Crippen MR) is 76.6 cm³/mol. The second-order valence-electron chi connectivity index (χ2n) is 5.57. The quantitative estimate of drug-likeness (QED) is 0.885. The van der Waals surface area contributed by atoms with Crippen molar-refractivity contribution in [1.82, 2.24) is 5.32 Å². The molecule has 0 aliphatic heterocycles. The number of benzene rings is 1. The molecule has 1 amide bonds. The summed E-state index contributed by atoms with van der Waals surface area (Å²) < 4.78 is 35.9. The predicted octanol–water partition coefficient (Wildman–Crippen LogP) is 1.64. The molecule has 0 aromatic heterocycles. The van der Waals surface area contributed by atoms with Crippen LogP contribution in [0.2, 0.25) is 0 Å². The fraction of sp³-hybridized carbons (Fsp3) is 0.500. The number of hydrogen-bond acceptors (Lipinski definition) is 3. The second kappa shape index (κ2) is 6.11. The molecule has 2 atom stereocenters. The van der Waals surface area contributed by atoms with E-state index >= 15 is 0 Å². The van der Waals surface area contributed by atoms with E-state index in [-0.39, 0.29) is 5.56 Å². The Hall–Kier alpha value is -1.47. The van der Waals surface area contributed by atoms with Gasteiger partial charge >= 0.3 is 0 Å². The summed E-state index contributed by atoms with van der Waals surface area (Å²) in [6.07, 6.45) is 3.40. The van der Waals surface area contributed by atoms with Gasteiger partial charge in [0.1, 0.15) is 10.7 Å². The Labute approximate surface area is 123 Å². The largest absolute Gasteiger partial charge is 0.352 e. The molecule has 116 valence electrons. The van der Waals surface area contributed by atoms with Crippen molar-refractivity contribution in [3.8, 4) is 0 Å². The van der Waals surface area contributed by atoms with Crippen molar-refractivity contribution in [2.24, 2.45) is 17.0 Å². The van der Waals surface area contributed by atoms with Gasteiger partial charge in [0, 0.05) is 12.1 Å². The molecule has 0 spiro atoms. The highest BCUT2D eigenvalue weighted by atomic mass is 32.2. The molecule has 2 rings (SSSR count). The number of nitrogens with one attached hydrogen (secondary N) is 1. The molecule has 0 bridgehead atoms. The molecule has 2 unspecified atom stereocenters. The molecule has 5 nitrogen and oxygen atoms in total. The van der Waals surface area contributed by atoms with Gasteiger partial charge in [-0.15, -0.1) is 0 Å². The van der Waals surface area contributed by atoms with Gasteiger partial charge in [0.15, 0.2) is 0 Å². The summed E-state index contributed by atoms with van der Waals surface area (Å²) in [4.78, 5) is 11.4. The first-order valence-corrected chi connectivity index (χ1v) is 8.44. The molecule has 1 aliphatic rings. The summed E-state index contributed by atoms with van der Waals surface area (Å²) in [5.74, 6) is -0.372. The zero-order valence-electron chi connectivity index (χ0n) is 11.8. The summed E-state index contributed by atoms with van der Waals surface area (Å²) in [7, 11) is -4.18. The maximum atomic E-state index is 13.4. The fourth-order valence-electron chi connectivity index (χ4n) is 2.71. The van der Waals surface area contributed by atoms with Crippen LogP contribution in [0, 0.1) is 17.7 Å². The Balaban J connectivity index is 2.09. The molecule has 3 N–H and O–H groups in total. The fourth-order valence-corrected chi connectivity index (χ4v) is 3.35. The molecule has 0 radical (unpaired) electrons. The van der Waals surface area contributed by atoms with Crippen molar-refractivity contribution in [2.45, 2.75) is 31.1 Å². The smallest absolute Gasteiger partial charge is 0.251 e.